The Bertz CT molecular complexity index is 1450. The van der Waals surface area contributed by atoms with E-state index in [0.717, 1.165) is 10.5 Å². The molecule has 40 heavy (non-hydrogen) atoms. The summed E-state index contributed by atoms with van der Waals surface area (Å²) in [5.41, 5.74) is 0.0998. The Labute approximate surface area is 233 Å². The molecule has 0 saturated carbocycles. The third-order valence-electron chi connectivity index (χ3n) is 6.42. The molecule has 1 fully saturated rings. The molecule has 2 aliphatic rings. The molecule has 1 saturated heterocycles. The van der Waals surface area contributed by atoms with E-state index >= 15 is 0 Å². The number of nitrogens with zero attached hydrogens (tertiary/aromatic N) is 5. The second-order valence-electron chi connectivity index (χ2n) is 9.06. The molecule has 3 aromatic rings. The summed E-state index contributed by atoms with van der Waals surface area (Å²) in [6.07, 6.45) is -1.17. The largest absolute Gasteiger partial charge is 0.508 e. The average Bonchev–Trinajstić information content (AvgIpc) is 3.38. The van der Waals surface area contributed by atoms with Crippen LogP contribution in [-0.4, -0.2) is 79.4 Å². The monoisotopic (exact) mass is 566 g/mol. The van der Waals surface area contributed by atoms with Gasteiger partial charge in [-0.05, 0) is 39.3 Å². The summed E-state index contributed by atoms with van der Waals surface area (Å²) >= 11 is 1.27. The number of thioether (sulfide) groups is 1. The van der Waals surface area contributed by atoms with E-state index in [1.165, 1.54) is 35.7 Å². The zero-order chi connectivity index (χ0) is 28.3. The van der Waals surface area contributed by atoms with E-state index in [2.05, 4.69) is 20.8 Å². The van der Waals surface area contributed by atoms with Gasteiger partial charge >= 0.3 is 5.97 Å². The first-order valence-corrected chi connectivity index (χ1v) is 13.2. The van der Waals surface area contributed by atoms with E-state index in [1.807, 2.05) is 30.3 Å². The van der Waals surface area contributed by atoms with E-state index in [1.54, 1.807) is 19.2 Å². The number of carbonyl (C=O) groups is 3. The topological polar surface area (TPSA) is 158 Å². The molecule has 0 radical (unpaired) electrons. The SMILES string of the molecule is CO[C@@]1(NC(=O)Cc2ccc(O)cc2)C(=O)N2C(C(=O)OCc3ccccc3)=C(CSc3nnnn3C)CO[C@@H]21. The van der Waals surface area contributed by atoms with Crippen molar-refractivity contribution in [2.24, 2.45) is 7.05 Å². The van der Waals surface area contributed by atoms with Gasteiger partial charge in [-0.25, -0.2) is 9.48 Å². The van der Waals surface area contributed by atoms with Crippen molar-refractivity contribution in [3.05, 3.63) is 77.0 Å². The molecule has 2 atom stereocenters. The first-order chi connectivity index (χ1) is 19.3. The maximum absolute atomic E-state index is 13.6. The lowest BCUT2D eigenvalue weighted by molar-refractivity contribution is -0.258. The number of tetrazole rings is 1. The number of β-lactam (4-membered cyclic amide) rings is 1. The summed E-state index contributed by atoms with van der Waals surface area (Å²) in [6, 6.07) is 15.3. The van der Waals surface area contributed by atoms with Gasteiger partial charge in [0.05, 0.1) is 13.0 Å². The van der Waals surface area contributed by atoms with Crippen LogP contribution in [0.5, 0.6) is 5.75 Å². The summed E-state index contributed by atoms with van der Waals surface area (Å²) in [5.74, 6) is -1.57. The average molecular weight is 567 g/mol. The minimum absolute atomic E-state index is 0.00312. The molecule has 0 bridgehead atoms. The van der Waals surface area contributed by atoms with Crippen molar-refractivity contribution < 1.29 is 33.7 Å². The normalized spacial score (nSPS) is 20.1. The first-order valence-electron chi connectivity index (χ1n) is 12.2. The highest BCUT2D eigenvalue weighted by atomic mass is 32.2. The number of ether oxygens (including phenoxy) is 3. The minimum atomic E-state index is -1.83. The van der Waals surface area contributed by atoms with Crippen molar-refractivity contribution >= 4 is 29.5 Å². The standard InChI is InChI=1S/C26H26N6O7S/c1-31-25(28-29-30-31)40-15-18-14-39-24-26(37-2,27-20(34)12-16-8-10-19(33)11-9-16)23(36)32(24)21(18)22(35)38-13-17-6-4-3-5-7-17/h3-11,24,33H,12-15H2,1-2H3,(H,27,34)/t24-,26+/m1/s1. The van der Waals surface area contributed by atoms with Crippen molar-refractivity contribution in [1.29, 1.82) is 0 Å². The molecule has 1 aromatic heterocycles. The van der Waals surface area contributed by atoms with Gasteiger partial charge in [0.1, 0.15) is 18.1 Å². The molecule has 2 aromatic carbocycles. The Balaban J connectivity index is 1.37. The second-order valence-corrected chi connectivity index (χ2v) is 10.00. The lowest BCUT2D eigenvalue weighted by Gasteiger charge is -2.55. The maximum atomic E-state index is 13.6. The predicted octanol–water partition coefficient (Wildman–Crippen LogP) is 0.905. The number of rotatable bonds is 10. The number of aromatic hydroxyl groups is 1. The van der Waals surface area contributed by atoms with Gasteiger partial charge in [0.15, 0.2) is 6.23 Å². The van der Waals surface area contributed by atoms with Crippen LogP contribution in [0.4, 0.5) is 0 Å². The summed E-state index contributed by atoms with van der Waals surface area (Å²) < 4.78 is 18.6. The van der Waals surface area contributed by atoms with Crippen LogP contribution in [0.2, 0.25) is 0 Å². The number of aryl methyl sites for hydroxylation is 1. The van der Waals surface area contributed by atoms with Crippen LogP contribution in [0.15, 0.2) is 71.0 Å². The summed E-state index contributed by atoms with van der Waals surface area (Å²) in [7, 11) is 2.97. The number of methoxy groups -OCH3 is 1. The Hall–Kier alpha value is -4.27. The lowest BCUT2D eigenvalue weighted by atomic mass is 9.94. The quantitative estimate of drug-likeness (QED) is 0.155. The zero-order valence-corrected chi connectivity index (χ0v) is 22.5. The van der Waals surface area contributed by atoms with Crippen LogP contribution in [0.1, 0.15) is 11.1 Å². The van der Waals surface area contributed by atoms with Crippen LogP contribution in [0.3, 0.4) is 0 Å². The summed E-state index contributed by atoms with van der Waals surface area (Å²) in [4.78, 5) is 41.0. The number of benzene rings is 2. The fourth-order valence-electron chi connectivity index (χ4n) is 4.38. The molecule has 0 unspecified atom stereocenters. The van der Waals surface area contributed by atoms with Crippen molar-refractivity contribution in [3.8, 4) is 5.75 Å². The van der Waals surface area contributed by atoms with Gasteiger partial charge in [-0.3, -0.25) is 14.5 Å². The molecular formula is C26H26N6O7S. The Morgan fingerprint density at radius 1 is 1.18 bits per heavy atom. The molecular weight excluding hydrogens is 540 g/mol. The van der Waals surface area contributed by atoms with E-state index in [4.69, 9.17) is 14.2 Å². The number of fused-ring (bicyclic) bond motifs is 1. The number of phenols is 1. The number of amides is 2. The van der Waals surface area contributed by atoms with Crippen LogP contribution in [-0.2, 0) is 48.7 Å². The van der Waals surface area contributed by atoms with Crippen molar-refractivity contribution in [3.63, 3.8) is 0 Å². The predicted molar refractivity (Wildman–Crippen MR) is 139 cm³/mol. The van der Waals surface area contributed by atoms with Gasteiger partial charge in [0, 0.05) is 19.9 Å². The molecule has 5 rings (SSSR count). The number of hydrogen-bond donors (Lipinski definition) is 2. The van der Waals surface area contributed by atoms with Crippen LogP contribution in [0, 0.1) is 0 Å². The summed E-state index contributed by atoms with van der Waals surface area (Å²) in [6.45, 7) is -0.0232. The molecule has 3 heterocycles. The molecule has 208 valence electrons. The lowest BCUT2D eigenvalue weighted by Crippen LogP contribution is -2.82. The van der Waals surface area contributed by atoms with Gasteiger partial charge in [-0.15, -0.1) is 5.10 Å². The molecule has 2 N–H and O–H groups in total. The number of esters is 1. The van der Waals surface area contributed by atoms with E-state index in [0.29, 0.717) is 16.3 Å². The number of carbonyl (C=O) groups excluding carboxylic acids is 3. The van der Waals surface area contributed by atoms with Gasteiger partial charge in [0.2, 0.25) is 11.1 Å². The fourth-order valence-corrected chi connectivity index (χ4v) is 5.22. The van der Waals surface area contributed by atoms with Crippen molar-refractivity contribution in [1.82, 2.24) is 30.4 Å². The Kier molecular flexibility index (Phi) is 7.82. The number of phenolic OH excluding ortho intramolecular Hbond substituents is 1. The molecule has 14 heteroatoms. The molecule has 0 aliphatic carbocycles. The van der Waals surface area contributed by atoms with E-state index in [9.17, 15) is 19.5 Å². The fraction of sp³-hybridized carbons (Fsp3) is 0.308. The number of aromatic nitrogens is 4. The van der Waals surface area contributed by atoms with Crippen molar-refractivity contribution in [2.75, 3.05) is 19.5 Å². The highest BCUT2D eigenvalue weighted by Gasteiger charge is 2.67. The third-order valence-corrected chi connectivity index (χ3v) is 7.52. The second kappa shape index (κ2) is 11.5. The molecule has 2 aliphatic heterocycles. The third kappa shape index (κ3) is 5.28. The van der Waals surface area contributed by atoms with E-state index < -0.39 is 29.7 Å². The molecule has 0 spiro atoms. The highest BCUT2D eigenvalue weighted by Crippen LogP contribution is 2.41. The van der Waals surface area contributed by atoms with Crippen LogP contribution < -0.4 is 5.32 Å². The Morgan fingerprint density at radius 3 is 2.60 bits per heavy atom. The van der Waals surface area contributed by atoms with Gasteiger partial charge in [-0.2, -0.15) is 0 Å². The Morgan fingerprint density at radius 2 is 1.93 bits per heavy atom. The first kappa shape index (κ1) is 27.3. The van der Waals surface area contributed by atoms with Gasteiger partial charge in [-0.1, -0.05) is 54.2 Å². The van der Waals surface area contributed by atoms with Crippen LogP contribution in [0.25, 0.3) is 0 Å². The minimum Gasteiger partial charge on any atom is -0.508 e. The molecule has 2 amide bonds. The smallest absolute Gasteiger partial charge is 0.355 e. The number of nitrogens with one attached hydrogen (secondary N) is 1. The number of hydrogen-bond acceptors (Lipinski definition) is 11. The van der Waals surface area contributed by atoms with Crippen LogP contribution >= 0.6 is 11.8 Å². The molecule has 13 nitrogen and oxygen atoms in total. The van der Waals surface area contributed by atoms with Gasteiger partial charge < -0.3 is 24.6 Å². The van der Waals surface area contributed by atoms with Gasteiger partial charge in [0.25, 0.3) is 11.6 Å². The zero-order valence-electron chi connectivity index (χ0n) is 21.6. The summed E-state index contributed by atoms with van der Waals surface area (Å²) in [5, 5.41) is 24.0. The van der Waals surface area contributed by atoms with E-state index in [-0.39, 0.29) is 36.8 Å². The highest BCUT2D eigenvalue weighted by molar-refractivity contribution is 7.99. The maximum Gasteiger partial charge on any atom is 0.355 e. The van der Waals surface area contributed by atoms with Crippen molar-refractivity contribution in [2.45, 2.75) is 30.1 Å².